The molecule has 0 amide bonds. The molecule has 2 N–H and O–H groups in total. The standard InChI is InChI=1S/C10H12N4/c1-6-13-9-4-7(11)5-12-10(9)14(6)8-2-3-8/h4-5,8H,2-3,11H2,1H3. The van der Waals surface area contributed by atoms with Crippen LogP contribution in [0.25, 0.3) is 11.2 Å². The van der Waals surface area contributed by atoms with E-state index in [9.17, 15) is 0 Å². The maximum Gasteiger partial charge on any atom is 0.160 e. The molecule has 0 spiro atoms. The fraction of sp³-hybridized carbons (Fsp3) is 0.400. The summed E-state index contributed by atoms with van der Waals surface area (Å²) in [6, 6.07) is 2.50. The van der Waals surface area contributed by atoms with Gasteiger partial charge < -0.3 is 10.3 Å². The average Bonchev–Trinajstić information content (AvgIpc) is 2.89. The number of rotatable bonds is 1. The van der Waals surface area contributed by atoms with Crippen LogP contribution in [0.4, 0.5) is 5.69 Å². The number of nitrogens with two attached hydrogens (primary N) is 1. The molecule has 0 saturated heterocycles. The van der Waals surface area contributed by atoms with E-state index in [2.05, 4.69) is 14.5 Å². The third kappa shape index (κ3) is 0.999. The highest BCUT2D eigenvalue weighted by Crippen LogP contribution is 2.38. The maximum atomic E-state index is 5.66. The zero-order valence-corrected chi connectivity index (χ0v) is 8.07. The van der Waals surface area contributed by atoms with Crippen LogP contribution in [-0.4, -0.2) is 14.5 Å². The molecule has 1 aliphatic carbocycles. The highest BCUT2D eigenvalue weighted by molar-refractivity contribution is 5.75. The number of pyridine rings is 1. The predicted molar refractivity (Wildman–Crippen MR) is 54.9 cm³/mol. The summed E-state index contributed by atoms with van der Waals surface area (Å²) < 4.78 is 2.22. The monoisotopic (exact) mass is 188 g/mol. The molecule has 2 heterocycles. The summed E-state index contributed by atoms with van der Waals surface area (Å²) >= 11 is 0. The third-order valence-electron chi connectivity index (χ3n) is 2.64. The Bertz CT molecular complexity index is 496. The first-order valence-electron chi connectivity index (χ1n) is 4.86. The first kappa shape index (κ1) is 7.79. The van der Waals surface area contributed by atoms with Crippen molar-refractivity contribution in [3.63, 3.8) is 0 Å². The number of nitrogen functional groups attached to an aromatic ring is 1. The molecule has 3 rings (SSSR count). The maximum absolute atomic E-state index is 5.66. The Hall–Kier alpha value is -1.58. The normalized spacial score (nSPS) is 16.4. The number of nitrogens with zero attached hydrogens (tertiary/aromatic N) is 3. The Labute approximate surface area is 81.8 Å². The molecule has 1 aliphatic rings. The van der Waals surface area contributed by atoms with Gasteiger partial charge in [-0.1, -0.05) is 0 Å². The minimum Gasteiger partial charge on any atom is -0.397 e. The van der Waals surface area contributed by atoms with Crippen LogP contribution < -0.4 is 5.73 Å². The molecular formula is C10H12N4. The van der Waals surface area contributed by atoms with Crippen molar-refractivity contribution in [3.05, 3.63) is 18.1 Å². The Kier molecular flexibility index (Phi) is 1.37. The van der Waals surface area contributed by atoms with E-state index in [0.29, 0.717) is 11.7 Å². The minimum atomic E-state index is 0.621. The topological polar surface area (TPSA) is 56.7 Å². The van der Waals surface area contributed by atoms with Crippen LogP contribution in [-0.2, 0) is 0 Å². The lowest BCUT2D eigenvalue weighted by Crippen LogP contribution is -1.97. The molecule has 0 radical (unpaired) electrons. The SMILES string of the molecule is Cc1nc2cc(N)cnc2n1C1CC1. The Balaban J connectivity index is 2.32. The lowest BCUT2D eigenvalue weighted by molar-refractivity contribution is 0.726. The number of aromatic nitrogens is 3. The Morgan fingerprint density at radius 3 is 3.00 bits per heavy atom. The molecule has 1 saturated carbocycles. The number of imidazole rings is 1. The van der Waals surface area contributed by atoms with Gasteiger partial charge >= 0.3 is 0 Å². The molecule has 0 bridgehead atoms. The number of fused-ring (bicyclic) bond motifs is 1. The molecule has 2 aromatic rings. The van der Waals surface area contributed by atoms with Crippen molar-refractivity contribution in [3.8, 4) is 0 Å². The number of aryl methyl sites for hydroxylation is 1. The third-order valence-corrected chi connectivity index (χ3v) is 2.64. The summed E-state index contributed by atoms with van der Waals surface area (Å²) in [7, 11) is 0. The van der Waals surface area contributed by atoms with Gasteiger partial charge in [0.05, 0.1) is 11.9 Å². The summed E-state index contributed by atoms with van der Waals surface area (Å²) in [6.45, 7) is 2.02. The Morgan fingerprint density at radius 2 is 2.29 bits per heavy atom. The van der Waals surface area contributed by atoms with Gasteiger partial charge in [-0.2, -0.15) is 0 Å². The number of anilines is 1. The van der Waals surface area contributed by atoms with Gasteiger partial charge in [-0.05, 0) is 25.8 Å². The lowest BCUT2D eigenvalue weighted by atomic mass is 10.4. The van der Waals surface area contributed by atoms with Crippen molar-refractivity contribution in [1.29, 1.82) is 0 Å². The van der Waals surface area contributed by atoms with Gasteiger partial charge in [0.2, 0.25) is 0 Å². The molecule has 0 aromatic carbocycles. The van der Waals surface area contributed by atoms with E-state index in [1.54, 1.807) is 6.20 Å². The van der Waals surface area contributed by atoms with Crippen LogP contribution in [0.5, 0.6) is 0 Å². The van der Waals surface area contributed by atoms with Gasteiger partial charge in [0.25, 0.3) is 0 Å². The molecule has 0 atom stereocenters. The highest BCUT2D eigenvalue weighted by atomic mass is 15.2. The molecule has 14 heavy (non-hydrogen) atoms. The van der Waals surface area contributed by atoms with E-state index in [1.165, 1.54) is 12.8 Å². The molecule has 2 aromatic heterocycles. The van der Waals surface area contributed by atoms with Crippen LogP contribution in [0, 0.1) is 6.92 Å². The van der Waals surface area contributed by atoms with Crippen LogP contribution in [0.3, 0.4) is 0 Å². The van der Waals surface area contributed by atoms with E-state index >= 15 is 0 Å². The fourth-order valence-corrected chi connectivity index (χ4v) is 1.88. The first-order valence-corrected chi connectivity index (χ1v) is 4.86. The smallest absolute Gasteiger partial charge is 0.160 e. The predicted octanol–water partition coefficient (Wildman–Crippen LogP) is 1.66. The number of hydrogen-bond donors (Lipinski definition) is 1. The van der Waals surface area contributed by atoms with Crippen molar-refractivity contribution in [1.82, 2.24) is 14.5 Å². The van der Waals surface area contributed by atoms with Crippen molar-refractivity contribution in [2.24, 2.45) is 0 Å². The second kappa shape index (κ2) is 2.47. The van der Waals surface area contributed by atoms with Gasteiger partial charge in [-0.15, -0.1) is 0 Å². The largest absolute Gasteiger partial charge is 0.397 e. The van der Waals surface area contributed by atoms with Gasteiger partial charge in [-0.3, -0.25) is 0 Å². The molecule has 4 nitrogen and oxygen atoms in total. The van der Waals surface area contributed by atoms with Gasteiger partial charge in [0.1, 0.15) is 11.3 Å². The molecule has 1 fully saturated rings. The van der Waals surface area contributed by atoms with Crippen molar-refractivity contribution < 1.29 is 0 Å². The summed E-state index contributed by atoms with van der Waals surface area (Å²) in [6.07, 6.45) is 4.19. The number of hydrogen-bond acceptors (Lipinski definition) is 3. The zero-order valence-electron chi connectivity index (χ0n) is 8.07. The molecule has 72 valence electrons. The Morgan fingerprint density at radius 1 is 1.50 bits per heavy atom. The van der Waals surface area contributed by atoms with E-state index in [4.69, 9.17) is 5.73 Å². The molecule has 4 heteroatoms. The minimum absolute atomic E-state index is 0.621. The highest BCUT2D eigenvalue weighted by Gasteiger charge is 2.27. The summed E-state index contributed by atoms with van der Waals surface area (Å²) in [5, 5.41) is 0. The summed E-state index contributed by atoms with van der Waals surface area (Å²) in [5.74, 6) is 1.04. The summed E-state index contributed by atoms with van der Waals surface area (Å²) in [4.78, 5) is 8.79. The molecular weight excluding hydrogens is 176 g/mol. The first-order chi connectivity index (χ1) is 6.75. The fourth-order valence-electron chi connectivity index (χ4n) is 1.88. The van der Waals surface area contributed by atoms with Crippen molar-refractivity contribution in [2.45, 2.75) is 25.8 Å². The van der Waals surface area contributed by atoms with Crippen LogP contribution >= 0.6 is 0 Å². The van der Waals surface area contributed by atoms with Gasteiger partial charge in [0, 0.05) is 6.04 Å². The molecule has 0 aliphatic heterocycles. The second-order valence-corrected chi connectivity index (χ2v) is 3.87. The second-order valence-electron chi connectivity index (χ2n) is 3.87. The average molecular weight is 188 g/mol. The molecule has 0 unspecified atom stereocenters. The van der Waals surface area contributed by atoms with E-state index < -0.39 is 0 Å². The summed E-state index contributed by atoms with van der Waals surface area (Å²) in [5.41, 5.74) is 8.22. The van der Waals surface area contributed by atoms with E-state index in [-0.39, 0.29) is 0 Å². The van der Waals surface area contributed by atoms with Gasteiger partial charge in [-0.25, -0.2) is 9.97 Å². The van der Waals surface area contributed by atoms with Crippen LogP contribution in [0.2, 0.25) is 0 Å². The van der Waals surface area contributed by atoms with E-state index in [1.807, 2.05) is 13.0 Å². The van der Waals surface area contributed by atoms with Crippen LogP contribution in [0.15, 0.2) is 12.3 Å². The van der Waals surface area contributed by atoms with Crippen LogP contribution in [0.1, 0.15) is 24.7 Å². The van der Waals surface area contributed by atoms with E-state index in [0.717, 1.165) is 17.0 Å². The van der Waals surface area contributed by atoms with Gasteiger partial charge in [0.15, 0.2) is 5.65 Å². The van der Waals surface area contributed by atoms with Crippen molar-refractivity contribution in [2.75, 3.05) is 5.73 Å². The quantitative estimate of drug-likeness (QED) is 0.740. The van der Waals surface area contributed by atoms with Crippen molar-refractivity contribution >= 4 is 16.9 Å². The zero-order chi connectivity index (χ0) is 9.71. The lowest BCUT2D eigenvalue weighted by Gasteiger charge is -2.02.